The van der Waals surface area contributed by atoms with Crippen molar-refractivity contribution in [3.63, 3.8) is 0 Å². The first-order chi connectivity index (χ1) is 15.9. The Bertz CT molecular complexity index is 1280. The minimum atomic E-state index is -0.461. The van der Waals surface area contributed by atoms with Crippen LogP contribution in [0.1, 0.15) is 34.6 Å². The van der Waals surface area contributed by atoms with E-state index >= 15 is 0 Å². The first-order valence-electron chi connectivity index (χ1n) is 10.5. The highest BCUT2D eigenvalue weighted by Crippen LogP contribution is 2.36. The van der Waals surface area contributed by atoms with Crippen LogP contribution in [0.15, 0.2) is 48.0 Å². The number of rotatable bonds is 7. The van der Waals surface area contributed by atoms with Crippen LogP contribution in [0.2, 0.25) is 0 Å². The number of carbonyl (C=O) groups is 1. The molecule has 6 nitrogen and oxygen atoms in total. The number of aromatic nitrogens is 2. The molecule has 8 heteroatoms. The van der Waals surface area contributed by atoms with Crippen LogP contribution < -0.4 is 5.32 Å². The lowest BCUT2D eigenvalue weighted by Gasteiger charge is -2.09. The number of thiazole rings is 1. The molecule has 0 fully saturated rings. The van der Waals surface area contributed by atoms with E-state index in [-0.39, 0.29) is 5.75 Å². The van der Waals surface area contributed by atoms with E-state index in [9.17, 15) is 9.90 Å². The lowest BCUT2D eigenvalue weighted by Crippen LogP contribution is -2.07. The van der Waals surface area contributed by atoms with Gasteiger partial charge in [-0.05, 0) is 60.5 Å². The van der Waals surface area contributed by atoms with E-state index in [1.807, 2.05) is 36.6 Å². The minimum absolute atomic E-state index is 0.260. The molecule has 4 rings (SSSR count). The highest BCUT2D eigenvalue weighted by molar-refractivity contribution is 7.16. The number of nitrogens with zero attached hydrogens (tertiary/aromatic N) is 2. The minimum Gasteiger partial charge on any atom is -0.508 e. The van der Waals surface area contributed by atoms with Crippen molar-refractivity contribution in [2.75, 3.05) is 12.4 Å². The van der Waals surface area contributed by atoms with Gasteiger partial charge in [-0.25, -0.2) is 14.8 Å². The number of hydrogen-bond donors (Lipinski definition) is 2. The molecular formula is C25H25N3O3S2. The largest absolute Gasteiger partial charge is 0.508 e. The molecule has 1 aromatic carbocycles. The van der Waals surface area contributed by atoms with Crippen molar-refractivity contribution in [2.45, 2.75) is 27.2 Å². The average Bonchev–Trinajstić information content (AvgIpc) is 3.45. The van der Waals surface area contributed by atoms with Gasteiger partial charge in [-0.3, -0.25) is 0 Å². The molecule has 0 aliphatic heterocycles. The summed E-state index contributed by atoms with van der Waals surface area (Å²) in [5.74, 6) is 0.650. The number of esters is 1. The Balaban J connectivity index is 1.73. The summed E-state index contributed by atoms with van der Waals surface area (Å²) in [7, 11) is 1.36. The van der Waals surface area contributed by atoms with Gasteiger partial charge in [0.2, 0.25) is 0 Å². The van der Waals surface area contributed by atoms with Crippen molar-refractivity contribution in [2.24, 2.45) is 5.92 Å². The van der Waals surface area contributed by atoms with Crippen LogP contribution in [0.25, 0.3) is 21.7 Å². The highest BCUT2D eigenvalue weighted by Gasteiger charge is 2.20. The molecule has 4 aromatic rings. The molecular weight excluding hydrogens is 454 g/mol. The second-order valence-corrected chi connectivity index (χ2v) is 10.1. The Morgan fingerprint density at radius 3 is 2.70 bits per heavy atom. The number of carbonyl (C=O) groups excluding carboxylic acids is 1. The summed E-state index contributed by atoms with van der Waals surface area (Å²) in [6.07, 6.45) is 2.61. The van der Waals surface area contributed by atoms with Gasteiger partial charge in [-0.2, -0.15) is 0 Å². The standard InChI is InChI=1S/C25H25N3O3S2/c1-14(2)10-21-22(16-7-8-19(29)15(3)11-16)27-25(33-21)28-23-18(24(30)31-4)12-17(13-26-23)20-6-5-9-32-20/h5-9,11-14,29H,10H2,1-4H3,(H,26,27,28). The van der Waals surface area contributed by atoms with E-state index in [4.69, 9.17) is 9.72 Å². The van der Waals surface area contributed by atoms with Gasteiger partial charge in [0.1, 0.15) is 17.1 Å². The fourth-order valence-electron chi connectivity index (χ4n) is 3.45. The van der Waals surface area contributed by atoms with Crippen LogP contribution in [0, 0.1) is 12.8 Å². The lowest BCUT2D eigenvalue weighted by atomic mass is 10.0. The van der Waals surface area contributed by atoms with Crippen LogP contribution in [-0.2, 0) is 11.2 Å². The van der Waals surface area contributed by atoms with Crippen LogP contribution in [-0.4, -0.2) is 28.2 Å². The maximum atomic E-state index is 12.5. The van der Waals surface area contributed by atoms with Crippen LogP contribution in [0.3, 0.4) is 0 Å². The molecule has 0 aliphatic rings. The van der Waals surface area contributed by atoms with E-state index in [1.165, 1.54) is 7.11 Å². The van der Waals surface area contributed by atoms with Gasteiger partial charge in [-0.15, -0.1) is 22.7 Å². The summed E-state index contributed by atoms with van der Waals surface area (Å²) < 4.78 is 5.01. The molecule has 3 heterocycles. The fourth-order valence-corrected chi connectivity index (χ4v) is 5.35. The van der Waals surface area contributed by atoms with Gasteiger partial charge in [0.15, 0.2) is 5.13 Å². The highest BCUT2D eigenvalue weighted by atomic mass is 32.1. The zero-order valence-corrected chi connectivity index (χ0v) is 20.5. The van der Waals surface area contributed by atoms with Crippen LogP contribution >= 0.6 is 22.7 Å². The number of thiophene rings is 1. The fraction of sp³-hybridized carbons (Fsp3) is 0.240. The third kappa shape index (κ3) is 5.07. The van der Waals surface area contributed by atoms with Crippen LogP contribution in [0.4, 0.5) is 10.9 Å². The number of pyridine rings is 1. The molecule has 33 heavy (non-hydrogen) atoms. The summed E-state index contributed by atoms with van der Waals surface area (Å²) in [4.78, 5) is 24.0. The number of hydrogen-bond acceptors (Lipinski definition) is 8. The zero-order chi connectivity index (χ0) is 23.5. The predicted octanol–water partition coefficient (Wildman–Crippen LogP) is 6.68. The number of ether oxygens (including phenoxy) is 1. The number of methoxy groups -OCH3 is 1. The van der Waals surface area contributed by atoms with E-state index in [2.05, 4.69) is 24.1 Å². The Kier molecular flexibility index (Phi) is 6.76. The smallest absolute Gasteiger partial charge is 0.341 e. The van der Waals surface area contributed by atoms with Crippen molar-refractivity contribution in [3.8, 4) is 27.4 Å². The summed E-state index contributed by atoms with van der Waals surface area (Å²) in [6, 6.07) is 11.2. The van der Waals surface area contributed by atoms with Crippen molar-refractivity contribution in [1.82, 2.24) is 9.97 Å². The van der Waals surface area contributed by atoms with Crippen molar-refractivity contribution in [1.29, 1.82) is 0 Å². The molecule has 0 amide bonds. The second-order valence-electron chi connectivity index (χ2n) is 8.10. The van der Waals surface area contributed by atoms with Gasteiger partial charge >= 0.3 is 5.97 Å². The number of phenolic OH excluding ortho intramolecular Hbond substituents is 1. The van der Waals surface area contributed by atoms with E-state index in [0.29, 0.717) is 22.4 Å². The molecule has 0 aliphatic carbocycles. The molecule has 0 spiro atoms. The van der Waals surface area contributed by atoms with Gasteiger partial charge in [0, 0.05) is 27.1 Å². The number of anilines is 2. The molecule has 0 unspecified atom stereocenters. The molecule has 3 aromatic heterocycles. The lowest BCUT2D eigenvalue weighted by molar-refractivity contribution is 0.0601. The quantitative estimate of drug-likeness (QED) is 0.288. The monoisotopic (exact) mass is 479 g/mol. The molecule has 0 saturated heterocycles. The van der Waals surface area contributed by atoms with Crippen molar-refractivity contribution < 1.29 is 14.6 Å². The van der Waals surface area contributed by atoms with Gasteiger partial charge in [0.25, 0.3) is 0 Å². The van der Waals surface area contributed by atoms with Crippen molar-refractivity contribution in [3.05, 3.63) is 64.0 Å². The number of nitrogens with one attached hydrogen (secondary N) is 1. The van der Waals surface area contributed by atoms with Crippen molar-refractivity contribution >= 4 is 39.6 Å². The molecule has 0 radical (unpaired) electrons. The third-order valence-electron chi connectivity index (χ3n) is 5.09. The second kappa shape index (κ2) is 9.72. The Hall–Kier alpha value is -3.23. The zero-order valence-electron chi connectivity index (χ0n) is 18.9. The molecule has 0 bridgehead atoms. The van der Waals surface area contributed by atoms with E-state index in [0.717, 1.165) is 38.6 Å². The summed E-state index contributed by atoms with van der Waals surface area (Å²) in [5, 5.41) is 15.8. The summed E-state index contributed by atoms with van der Waals surface area (Å²) in [6.45, 7) is 6.20. The van der Waals surface area contributed by atoms with Gasteiger partial charge in [0.05, 0.1) is 12.8 Å². The molecule has 2 N–H and O–H groups in total. The Morgan fingerprint density at radius 1 is 1.21 bits per heavy atom. The Morgan fingerprint density at radius 2 is 2.03 bits per heavy atom. The van der Waals surface area contributed by atoms with Gasteiger partial charge < -0.3 is 15.2 Å². The number of phenols is 1. The maximum Gasteiger partial charge on any atom is 0.341 e. The first kappa shape index (κ1) is 22.9. The number of aromatic hydroxyl groups is 1. The molecule has 0 atom stereocenters. The molecule has 0 saturated carbocycles. The number of aryl methyl sites for hydroxylation is 1. The van der Waals surface area contributed by atoms with E-state index < -0.39 is 5.97 Å². The SMILES string of the molecule is COC(=O)c1cc(-c2cccs2)cnc1Nc1nc(-c2ccc(O)c(C)c2)c(CC(C)C)s1. The topological polar surface area (TPSA) is 84.3 Å². The summed E-state index contributed by atoms with van der Waals surface area (Å²) in [5.41, 5.74) is 3.82. The van der Waals surface area contributed by atoms with Crippen LogP contribution in [0.5, 0.6) is 5.75 Å². The predicted molar refractivity (Wildman–Crippen MR) is 135 cm³/mol. The Labute approximate surface area is 200 Å². The maximum absolute atomic E-state index is 12.5. The molecule has 170 valence electrons. The third-order valence-corrected chi connectivity index (χ3v) is 7.00. The van der Waals surface area contributed by atoms with Gasteiger partial charge in [-0.1, -0.05) is 19.9 Å². The van der Waals surface area contributed by atoms with E-state index in [1.54, 1.807) is 41.0 Å². The summed E-state index contributed by atoms with van der Waals surface area (Å²) >= 11 is 3.13. The normalized spacial score (nSPS) is 11.1. The number of benzene rings is 1. The average molecular weight is 480 g/mol. The first-order valence-corrected chi connectivity index (χ1v) is 12.2.